The van der Waals surface area contributed by atoms with Gasteiger partial charge in [0.25, 0.3) is 5.91 Å². The lowest BCUT2D eigenvalue weighted by Gasteiger charge is -2.18. The molecule has 0 saturated heterocycles. The molecule has 0 aliphatic heterocycles. The molecular formula is C20H21NO4. The molecule has 0 spiro atoms. The van der Waals surface area contributed by atoms with Crippen LogP contribution in [0.15, 0.2) is 54.6 Å². The molecule has 130 valence electrons. The molecule has 25 heavy (non-hydrogen) atoms. The highest BCUT2D eigenvalue weighted by Crippen LogP contribution is 2.39. The normalized spacial score (nSPS) is 19.6. The second-order valence-corrected chi connectivity index (χ2v) is 6.27. The Morgan fingerprint density at radius 3 is 2.48 bits per heavy atom. The van der Waals surface area contributed by atoms with Crippen LogP contribution in [0.4, 0.5) is 5.69 Å². The number of carbonyl (C=O) groups excluding carboxylic acids is 2. The molecule has 2 aromatic rings. The third kappa shape index (κ3) is 4.18. The Morgan fingerprint density at radius 2 is 1.84 bits per heavy atom. The third-order valence-corrected chi connectivity index (χ3v) is 4.32. The first-order valence-electron chi connectivity index (χ1n) is 8.29. The van der Waals surface area contributed by atoms with E-state index < -0.39 is 6.10 Å². The van der Waals surface area contributed by atoms with Crippen molar-refractivity contribution in [2.75, 3.05) is 12.4 Å². The molecule has 3 rings (SSSR count). The Labute approximate surface area is 147 Å². The fourth-order valence-corrected chi connectivity index (χ4v) is 2.66. The van der Waals surface area contributed by atoms with Gasteiger partial charge in [0.15, 0.2) is 0 Å². The van der Waals surface area contributed by atoms with Crippen LogP contribution in [0.2, 0.25) is 0 Å². The molecule has 3 atom stereocenters. The molecule has 5 nitrogen and oxygen atoms in total. The average Bonchev–Trinajstić information content (AvgIpc) is 3.37. The predicted molar refractivity (Wildman–Crippen MR) is 94.2 cm³/mol. The van der Waals surface area contributed by atoms with Crippen LogP contribution in [-0.4, -0.2) is 19.0 Å². The number of amides is 1. The Balaban J connectivity index is 1.77. The lowest BCUT2D eigenvalue weighted by molar-refractivity contribution is -0.156. The van der Waals surface area contributed by atoms with Gasteiger partial charge in [-0.25, -0.2) is 0 Å². The van der Waals surface area contributed by atoms with Crippen LogP contribution in [0.3, 0.4) is 0 Å². The molecule has 1 aliphatic carbocycles. The van der Waals surface area contributed by atoms with Gasteiger partial charge in [0.1, 0.15) is 5.75 Å². The quantitative estimate of drug-likeness (QED) is 0.817. The topological polar surface area (TPSA) is 64.6 Å². The average molecular weight is 339 g/mol. The van der Waals surface area contributed by atoms with E-state index in [0.29, 0.717) is 22.9 Å². The van der Waals surface area contributed by atoms with Gasteiger partial charge < -0.3 is 14.8 Å². The fourth-order valence-electron chi connectivity index (χ4n) is 2.66. The molecule has 1 saturated carbocycles. The lowest BCUT2D eigenvalue weighted by Crippen LogP contribution is -2.26. The standard InChI is InChI=1S/C20H21NO4/c1-13-11-17(13)20(23)25-18(14-7-4-3-5-8-14)19(22)21-15-9-6-10-16(12-15)24-2/h3-10,12-13,17-18H,11H2,1-2H3,(H,21,22)/t13-,17-,18-/m0/s1. The first-order valence-corrected chi connectivity index (χ1v) is 8.29. The maximum Gasteiger partial charge on any atom is 0.310 e. The van der Waals surface area contributed by atoms with Crippen molar-refractivity contribution in [1.82, 2.24) is 0 Å². The SMILES string of the molecule is COc1cccc(NC(=O)[C@@H](OC(=O)[C@H]2C[C@@H]2C)c2ccccc2)c1. The van der Waals surface area contributed by atoms with Crippen LogP contribution < -0.4 is 10.1 Å². The highest BCUT2D eigenvalue weighted by molar-refractivity contribution is 5.96. The first kappa shape index (κ1) is 17.0. The van der Waals surface area contributed by atoms with E-state index in [1.54, 1.807) is 43.5 Å². The minimum absolute atomic E-state index is 0.101. The number of methoxy groups -OCH3 is 1. The van der Waals surface area contributed by atoms with Crippen LogP contribution in [0.25, 0.3) is 0 Å². The van der Waals surface area contributed by atoms with Gasteiger partial charge >= 0.3 is 5.97 Å². The van der Waals surface area contributed by atoms with Gasteiger partial charge in [-0.15, -0.1) is 0 Å². The summed E-state index contributed by atoms with van der Waals surface area (Å²) in [7, 11) is 1.56. The zero-order valence-electron chi connectivity index (χ0n) is 14.3. The van der Waals surface area contributed by atoms with E-state index in [-0.39, 0.29) is 17.8 Å². The Hall–Kier alpha value is -2.82. The summed E-state index contributed by atoms with van der Waals surface area (Å²) in [5, 5.41) is 2.79. The number of hydrogen-bond acceptors (Lipinski definition) is 4. The maximum absolute atomic E-state index is 12.7. The number of hydrogen-bond donors (Lipinski definition) is 1. The minimum atomic E-state index is -0.979. The van der Waals surface area contributed by atoms with E-state index in [1.807, 2.05) is 25.1 Å². The van der Waals surface area contributed by atoms with Gasteiger partial charge in [-0.05, 0) is 24.5 Å². The van der Waals surface area contributed by atoms with Crippen molar-refractivity contribution in [3.05, 3.63) is 60.2 Å². The van der Waals surface area contributed by atoms with Crippen molar-refractivity contribution in [2.24, 2.45) is 11.8 Å². The summed E-state index contributed by atoms with van der Waals surface area (Å²) in [6, 6.07) is 16.1. The van der Waals surface area contributed by atoms with E-state index in [2.05, 4.69) is 5.32 Å². The van der Waals surface area contributed by atoms with E-state index >= 15 is 0 Å². The van der Waals surface area contributed by atoms with Gasteiger partial charge in [-0.3, -0.25) is 9.59 Å². The summed E-state index contributed by atoms with van der Waals surface area (Å²) in [6.07, 6.45) is -0.162. The van der Waals surface area contributed by atoms with E-state index in [0.717, 1.165) is 6.42 Å². The van der Waals surface area contributed by atoms with Crippen molar-refractivity contribution in [3.63, 3.8) is 0 Å². The zero-order chi connectivity index (χ0) is 17.8. The molecule has 0 heterocycles. The van der Waals surface area contributed by atoms with E-state index in [1.165, 1.54) is 0 Å². The van der Waals surface area contributed by atoms with Crippen molar-refractivity contribution in [3.8, 4) is 5.75 Å². The predicted octanol–water partition coefficient (Wildman–Crippen LogP) is 3.57. The Kier molecular flexibility index (Phi) is 5.03. The van der Waals surface area contributed by atoms with Crippen molar-refractivity contribution < 1.29 is 19.1 Å². The van der Waals surface area contributed by atoms with Crippen LogP contribution >= 0.6 is 0 Å². The lowest BCUT2D eigenvalue weighted by atomic mass is 10.1. The van der Waals surface area contributed by atoms with Crippen molar-refractivity contribution in [2.45, 2.75) is 19.4 Å². The number of rotatable bonds is 6. The van der Waals surface area contributed by atoms with Crippen LogP contribution in [-0.2, 0) is 14.3 Å². The van der Waals surface area contributed by atoms with Crippen molar-refractivity contribution in [1.29, 1.82) is 0 Å². The number of carbonyl (C=O) groups is 2. The molecule has 5 heteroatoms. The summed E-state index contributed by atoms with van der Waals surface area (Å²) >= 11 is 0. The zero-order valence-corrected chi connectivity index (χ0v) is 14.3. The summed E-state index contributed by atoms with van der Waals surface area (Å²) < 4.78 is 10.7. The maximum atomic E-state index is 12.7. The molecule has 0 radical (unpaired) electrons. The number of ether oxygens (including phenoxy) is 2. The van der Waals surface area contributed by atoms with Crippen molar-refractivity contribution >= 4 is 17.6 Å². The third-order valence-electron chi connectivity index (χ3n) is 4.32. The summed E-state index contributed by atoms with van der Waals surface area (Å²) in [4.78, 5) is 25.0. The summed E-state index contributed by atoms with van der Waals surface area (Å²) in [6.45, 7) is 2.00. The van der Waals surface area contributed by atoms with Gasteiger partial charge in [-0.2, -0.15) is 0 Å². The summed E-state index contributed by atoms with van der Waals surface area (Å²) in [5.41, 5.74) is 1.23. The highest BCUT2D eigenvalue weighted by atomic mass is 16.5. The first-order chi connectivity index (χ1) is 12.1. The van der Waals surface area contributed by atoms with Crippen LogP contribution in [0, 0.1) is 11.8 Å². The molecule has 0 bridgehead atoms. The van der Waals surface area contributed by atoms with Crippen LogP contribution in [0.1, 0.15) is 25.0 Å². The highest BCUT2D eigenvalue weighted by Gasteiger charge is 2.42. The monoisotopic (exact) mass is 339 g/mol. The van der Waals surface area contributed by atoms with E-state index in [9.17, 15) is 9.59 Å². The number of esters is 1. The largest absolute Gasteiger partial charge is 0.497 e. The Morgan fingerprint density at radius 1 is 1.12 bits per heavy atom. The molecule has 0 aromatic heterocycles. The van der Waals surface area contributed by atoms with Gasteiger partial charge in [0, 0.05) is 17.3 Å². The number of anilines is 1. The molecule has 2 aromatic carbocycles. The van der Waals surface area contributed by atoms with Gasteiger partial charge in [-0.1, -0.05) is 43.3 Å². The molecule has 1 aliphatic rings. The molecule has 1 fully saturated rings. The van der Waals surface area contributed by atoms with E-state index in [4.69, 9.17) is 9.47 Å². The smallest absolute Gasteiger partial charge is 0.310 e. The summed E-state index contributed by atoms with van der Waals surface area (Å²) in [5.74, 6) is 0.155. The Bertz CT molecular complexity index is 759. The molecule has 1 N–H and O–H groups in total. The number of benzene rings is 2. The molecular weight excluding hydrogens is 318 g/mol. The fraction of sp³-hybridized carbons (Fsp3) is 0.300. The van der Waals surface area contributed by atoms with Crippen LogP contribution in [0.5, 0.6) is 5.75 Å². The van der Waals surface area contributed by atoms with Gasteiger partial charge in [0.05, 0.1) is 13.0 Å². The molecule has 0 unspecified atom stereocenters. The second kappa shape index (κ2) is 7.38. The minimum Gasteiger partial charge on any atom is -0.497 e. The molecule has 1 amide bonds. The second-order valence-electron chi connectivity index (χ2n) is 6.27. The number of nitrogens with one attached hydrogen (secondary N) is 1. The van der Waals surface area contributed by atoms with Gasteiger partial charge in [0.2, 0.25) is 6.10 Å².